The number of nitrogens with one attached hydrogen (secondary N) is 1. The van der Waals surface area contributed by atoms with Crippen LogP contribution in [0, 0.1) is 0 Å². The summed E-state index contributed by atoms with van der Waals surface area (Å²) in [5.41, 5.74) is 3.46. The summed E-state index contributed by atoms with van der Waals surface area (Å²) in [6, 6.07) is 9.67. The molecule has 1 saturated carbocycles. The van der Waals surface area contributed by atoms with Crippen LogP contribution >= 0.6 is 0 Å². The fraction of sp³-hybridized carbons (Fsp3) is 0.400. The molecule has 0 radical (unpaired) electrons. The van der Waals surface area contributed by atoms with Crippen LogP contribution in [0.1, 0.15) is 43.7 Å². The number of carbonyl (C=O) groups excluding carboxylic acids is 1. The van der Waals surface area contributed by atoms with Gasteiger partial charge in [0.1, 0.15) is 11.5 Å². The van der Waals surface area contributed by atoms with Gasteiger partial charge in [-0.15, -0.1) is 0 Å². The van der Waals surface area contributed by atoms with Gasteiger partial charge in [0.15, 0.2) is 6.61 Å². The zero-order valence-electron chi connectivity index (χ0n) is 15.1. The molecule has 1 amide bonds. The molecule has 6 heteroatoms. The maximum Gasteiger partial charge on any atom is 0.277 e. The molecule has 0 aliphatic heterocycles. The van der Waals surface area contributed by atoms with Gasteiger partial charge in [0.25, 0.3) is 5.91 Å². The third-order valence-corrected chi connectivity index (χ3v) is 4.57. The average Bonchev–Trinajstić information content (AvgIpc) is 3.16. The van der Waals surface area contributed by atoms with Crippen molar-refractivity contribution in [2.24, 2.45) is 5.10 Å². The Kier molecular flexibility index (Phi) is 6.30. The number of amides is 1. The third kappa shape index (κ3) is 5.12. The van der Waals surface area contributed by atoms with E-state index >= 15 is 0 Å². The van der Waals surface area contributed by atoms with E-state index in [0.29, 0.717) is 11.8 Å². The lowest BCUT2D eigenvalue weighted by Crippen LogP contribution is -2.24. The normalized spacial score (nSPS) is 15.1. The number of methoxy groups -OCH3 is 1. The van der Waals surface area contributed by atoms with Crippen molar-refractivity contribution in [3.8, 4) is 11.5 Å². The monoisotopic (exact) mass is 355 g/mol. The van der Waals surface area contributed by atoms with E-state index in [1.807, 2.05) is 6.07 Å². The van der Waals surface area contributed by atoms with E-state index in [4.69, 9.17) is 9.47 Å². The number of hydrogen-bond donors (Lipinski definition) is 1. The van der Waals surface area contributed by atoms with Gasteiger partial charge in [0, 0.05) is 24.0 Å². The van der Waals surface area contributed by atoms with Crippen LogP contribution in [-0.2, 0) is 4.79 Å². The molecular formula is C20H25N3O3. The molecule has 1 heterocycles. The fourth-order valence-corrected chi connectivity index (χ4v) is 3.14. The predicted molar refractivity (Wildman–Crippen MR) is 101 cm³/mol. The molecule has 1 N–H and O–H groups in total. The Labute approximate surface area is 153 Å². The lowest BCUT2D eigenvalue weighted by atomic mass is 9.95. The van der Waals surface area contributed by atoms with E-state index in [1.54, 1.807) is 37.6 Å². The molecule has 0 atom stereocenters. The number of carbonyl (C=O) groups is 1. The summed E-state index contributed by atoms with van der Waals surface area (Å²) in [6.07, 6.45) is 12.3. The first-order valence-electron chi connectivity index (χ1n) is 9.01. The summed E-state index contributed by atoms with van der Waals surface area (Å²) in [4.78, 5) is 11.8. The van der Waals surface area contributed by atoms with Crippen molar-refractivity contribution in [2.45, 2.75) is 38.1 Å². The highest BCUT2D eigenvalue weighted by molar-refractivity contribution is 5.82. The van der Waals surface area contributed by atoms with Crippen LogP contribution in [0.25, 0.3) is 0 Å². The van der Waals surface area contributed by atoms with E-state index < -0.39 is 0 Å². The number of hydrogen-bond acceptors (Lipinski definition) is 4. The number of ether oxygens (including phenoxy) is 2. The minimum atomic E-state index is -0.302. The van der Waals surface area contributed by atoms with E-state index in [-0.39, 0.29) is 12.5 Å². The lowest BCUT2D eigenvalue weighted by Gasteiger charge is -2.23. The minimum Gasteiger partial charge on any atom is -0.497 e. The Hall–Kier alpha value is -2.76. The number of hydrazone groups is 1. The van der Waals surface area contributed by atoms with Crippen molar-refractivity contribution in [2.75, 3.05) is 13.7 Å². The molecule has 1 aliphatic carbocycles. The van der Waals surface area contributed by atoms with Crippen LogP contribution in [0.15, 0.2) is 47.8 Å². The van der Waals surface area contributed by atoms with Gasteiger partial charge >= 0.3 is 0 Å². The second-order valence-electron chi connectivity index (χ2n) is 6.44. The molecular weight excluding hydrogens is 330 g/mol. The quantitative estimate of drug-likeness (QED) is 0.610. The van der Waals surface area contributed by atoms with E-state index in [9.17, 15) is 4.79 Å². The number of nitrogens with zero attached hydrogens (tertiary/aromatic N) is 2. The van der Waals surface area contributed by atoms with Gasteiger partial charge in [-0.2, -0.15) is 5.10 Å². The van der Waals surface area contributed by atoms with Crippen molar-refractivity contribution in [3.63, 3.8) is 0 Å². The molecule has 0 spiro atoms. The molecule has 1 aromatic carbocycles. The van der Waals surface area contributed by atoms with Crippen LogP contribution in [0.5, 0.6) is 11.5 Å². The van der Waals surface area contributed by atoms with E-state index in [0.717, 1.165) is 11.3 Å². The standard InChI is InChI=1S/C20H25N3O3/c1-25-18-7-9-19(10-8-18)26-15-20(24)22-21-13-16-11-12-23(14-16)17-5-3-2-4-6-17/h7-14,17H,2-6,15H2,1H3,(H,22,24)/b21-13+. The second-order valence-corrected chi connectivity index (χ2v) is 6.44. The molecule has 26 heavy (non-hydrogen) atoms. The largest absolute Gasteiger partial charge is 0.497 e. The molecule has 1 aromatic heterocycles. The summed E-state index contributed by atoms with van der Waals surface area (Å²) in [5.74, 6) is 1.05. The summed E-state index contributed by atoms with van der Waals surface area (Å²) < 4.78 is 12.7. The molecule has 1 fully saturated rings. The Morgan fingerprint density at radius 2 is 1.92 bits per heavy atom. The molecule has 1 aliphatic rings. The van der Waals surface area contributed by atoms with Gasteiger partial charge in [0.2, 0.25) is 0 Å². The first-order chi connectivity index (χ1) is 12.7. The highest BCUT2D eigenvalue weighted by Gasteiger charge is 2.14. The van der Waals surface area contributed by atoms with Gasteiger partial charge < -0.3 is 14.0 Å². The van der Waals surface area contributed by atoms with Crippen molar-refractivity contribution >= 4 is 12.1 Å². The number of rotatable bonds is 7. The molecule has 138 valence electrons. The Balaban J connectivity index is 1.42. The summed E-state index contributed by atoms with van der Waals surface area (Å²) in [7, 11) is 1.60. The molecule has 2 aromatic rings. The van der Waals surface area contributed by atoms with Crippen LogP contribution < -0.4 is 14.9 Å². The predicted octanol–water partition coefficient (Wildman–Crippen LogP) is 3.53. The first kappa shape index (κ1) is 18.0. The highest BCUT2D eigenvalue weighted by atomic mass is 16.5. The van der Waals surface area contributed by atoms with E-state index in [2.05, 4.69) is 27.5 Å². The van der Waals surface area contributed by atoms with Crippen LogP contribution in [0.3, 0.4) is 0 Å². The lowest BCUT2D eigenvalue weighted by molar-refractivity contribution is -0.123. The smallest absolute Gasteiger partial charge is 0.277 e. The molecule has 0 bridgehead atoms. The summed E-state index contributed by atoms with van der Waals surface area (Å²) >= 11 is 0. The van der Waals surface area contributed by atoms with Crippen LogP contribution in [0.2, 0.25) is 0 Å². The maximum absolute atomic E-state index is 11.8. The summed E-state index contributed by atoms with van der Waals surface area (Å²) in [5, 5.41) is 4.00. The fourth-order valence-electron chi connectivity index (χ4n) is 3.14. The van der Waals surface area contributed by atoms with Gasteiger partial charge in [-0.25, -0.2) is 5.43 Å². The van der Waals surface area contributed by atoms with Gasteiger partial charge in [0.05, 0.1) is 13.3 Å². The molecule has 0 saturated heterocycles. The van der Waals surface area contributed by atoms with Crippen molar-refractivity contribution < 1.29 is 14.3 Å². The van der Waals surface area contributed by atoms with Gasteiger partial charge in [-0.05, 0) is 43.2 Å². The summed E-state index contributed by atoms with van der Waals surface area (Å²) in [6.45, 7) is -0.0905. The Morgan fingerprint density at radius 3 is 2.65 bits per heavy atom. The van der Waals surface area contributed by atoms with E-state index in [1.165, 1.54) is 32.1 Å². The van der Waals surface area contributed by atoms with Gasteiger partial charge in [-0.1, -0.05) is 19.3 Å². The number of aromatic nitrogens is 1. The van der Waals surface area contributed by atoms with Crippen molar-refractivity contribution in [1.29, 1.82) is 0 Å². The second kappa shape index (κ2) is 9.08. The van der Waals surface area contributed by atoms with Crippen LogP contribution in [-0.4, -0.2) is 30.4 Å². The van der Waals surface area contributed by atoms with Crippen molar-refractivity contribution in [1.82, 2.24) is 9.99 Å². The molecule has 6 nitrogen and oxygen atoms in total. The third-order valence-electron chi connectivity index (χ3n) is 4.57. The minimum absolute atomic E-state index is 0.0905. The topological polar surface area (TPSA) is 64.8 Å². The molecule has 3 rings (SSSR count). The number of benzene rings is 1. The Morgan fingerprint density at radius 1 is 1.19 bits per heavy atom. The zero-order valence-corrected chi connectivity index (χ0v) is 15.1. The molecule has 0 unspecified atom stereocenters. The zero-order chi connectivity index (χ0) is 18.2. The van der Waals surface area contributed by atoms with Gasteiger partial charge in [-0.3, -0.25) is 4.79 Å². The SMILES string of the molecule is COc1ccc(OCC(=O)N/N=C/c2ccn(C3CCCCC3)c2)cc1. The average molecular weight is 355 g/mol. The Bertz CT molecular complexity index is 731. The maximum atomic E-state index is 11.8. The first-order valence-corrected chi connectivity index (χ1v) is 9.01. The highest BCUT2D eigenvalue weighted by Crippen LogP contribution is 2.28. The van der Waals surface area contributed by atoms with Crippen LogP contribution in [0.4, 0.5) is 0 Å². The van der Waals surface area contributed by atoms with Crippen molar-refractivity contribution in [3.05, 3.63) is 48.3 Å².